The first-order chi connectivity index (χ1) is 6.66. The summed E-state index contributed by atoms with van der Waals surface area (Å²) >= 11 is 9.33. The maximum absolute atomic E-state index is 9.47. The molecule has 0 heterocycles. The van der Waals surface area contributed by atoms with Gasteiger partial charge in [-0.05, 0) is 42.9 Å². The van der Waals surface area contributed by atoms with Crippen LogP contribution in [0, 0.1) is 5.92 Å². The van der Waals surface area contributed by atoms with Crippen LogP contribution in [-0.4, -0.2) is 11.2 Å². The number of hydrogen-bond acceptors (Lipinski definition) is 1. The number of benzene rings is 1. The SMILES string of the molecule is OC1CCC1Cc1ccc(Cl)cc1Br. The average Bonchev–Trinajstić information content (AvgIpc) is 2.14. The molecular weight excluding hydrogens is 263 g/mol. The fraction of sp³-hybridized carbons (Fsp3) is 0.455. The maximum atomic E-state index is 9.47. The zero-order chi connectivity index (χ0) is 10.1. The van der Waals surface area contributed by atoms with Crippen LogP contribution >= 0.6 is 27.5 Å². The number of halogens is 2. The van der Waals surface area contributed by atoms with Gasteiger partial charge >= 0.3 is 0 Å². The largest absolute Gasteiger partial charge is 0.393 e. The Kier molecular flexibility index (Phi) is 3.15. The Morgan fingerprint density at radius 1 is 1.43 bits per heavy atom. The van der Waals surface area contributed by atoms with E-state index >= 15 is 0 Å². The highest BCUT2D eigenvalue weighted by Gasteiger charge is 2.28. The zero-order valence-corrected chi connectivity index (χ0v) is 10.1. The van der Waals surface area contributed by atoms with Gasteiger partial charge in [-0.1, -0.05) is 33.6 Å². The van der Waals surface area contributed by atoms with Crippen molar-refractivity contribution in [3.8, 4) is 0 Å². The lowest BCUT2D eigenvalue weighted by molar-refractivity contribution is 0.0243. The van der Waals surface area contributed by atoms with Crippen LogP contribution in [0.5, 0.6) is 0 Å². The summed E-state index contributed by atoms with van der Waals surface area (Å²) in [5.74, 6) is 0.437. The lowest BCUT2D eigenvalue weighted by Gasteiger charge is -2.32. The van der Waals surface area contributed by atoms with Crippen molar-refractivity contribution in [3.63, 3.8) is 0 Å². The second kappa shape index (κ2) is 4.21. The van der Waals surface area contributed by atoms with Gasteiger partial charge in [0.1, 0.15) is 0 Å². The van der Waals surface area contributed by atoms with Crippen LogP contribution in [0.25, 0.3) is 0 Å². The molecule has 1 saturated carbocycles. The molecule has 1 aromatic carbocycles. The zero-order valence-electron chi connectivity index (χ0n) is 7.71. The third kappa shape index (κ3) is 2.13. The van der Waals surface area contributed by atoms with Crippen LogP contribution < -0.4 is 0 Å². The molecule has 14 heavy (non-hydrogen) atoms. The quantitative estimate of drug-likeness (QED) is 0.877. The van der Waals surface area contributed by atoms with Gasteiger partial charge in [-0.3, -0.25) is 0 Å². The van der Waals surface area contributed by atoms with Gasteiger partial charge in [-0.25, -0.2) is 0 Å². The summed E-state index contributed by atoms with van der Waals surface area (Å²) in [6, 6.07) is 5.83. The first-order valence-corrected chi connectivity index (χ1v) is 5.96. The Labute approximate surface area is 97.2 Å². The molecule has 3 heteroatoms. The molecule has 1 aromatic rings. The van der Waals surface area contributed by atoms with Gasteiger partial charge in [-0.2, -0.15) is 0 Å². The minimum Gasteiger partial charge on any atom is -0.393 e. The van der Waals surface area contributed by atoms with Gasteiger partial charge in [-0.15, -0.1) is 0 Å². The molecule has 76 valence electrons. The van der Waals surface area contributed by atoms with Gasteiger partial charge in [0.25, 0.3) is 0 Å². The van der Waals surface area contributed by atoms with Crippen LogP contribution in [-0.2, 0) is 6.42 Å². The van der Waals surface area contributed by atoms with Crippen molar-refractivity contribution in [2.24, 2.45) is 5.92 Å². The number of hydrogen-bond donors (Lipinski definition) is 1. The first-order valence-electron chi connectivity index (χ1n) is 4.79. The van der Waals surface area contributed by atoms with Gasteiger partial charge in [0.05, 0.1) is 6.10 Å². The normalized spacial score (nSPS) is 25.9. The fourth-order valence-electron chi connectivity index (χ4n) is 1.76. The minimum absolute atomic E-state index is 0.0995. The average molecular weight is 276 g/mol. The number of aliphatic hydroxyl groups excluding tert-OH is 1. The summed E-state index contributed by atoms with van der Waals surface area (Å²) in [5, 5.41) is 10.2. The predicted octanol–water partition coefficient (Wildman–Crippen LogP) is 3.42. The molecule has 1 nitrogen and oxygen atoms in total. The lowest BCUT2D eigenvalue weighted by Crippen LogP contribution is -2.32. The van der Waals surface area contributed by atoms with Crippen LogP contribution in [0.2, 0.25) is 5.02 Å². The van der Waals surface area contributed by atoms with E-state index in [-0.39, 0.29) is 6.10 Å². The lowest BCUT2D eigenvalue weighted by atomic mass is 9.78. The molecule has 0 aromatic heterocycles. The van der Waals surface area contributed by atoms with Crippen molar-refractivity contribution in [2.45, 2.75) is 25.4 Å². The highest BCUT2D eigenvalue weighted by Crippen LogP contribution is 2.33. The molecule has 0 amide bonds. The van der Waals surface area contributed by atoms with Crippen LogP contribution in [0.3, 0.4) is 0 Å². The maximum Gasteiger partial charge on any atom is 0.0571 e. The molecule has 0 spiro atoms. The van der Waals surface area contributed by atoms with Crippen molar-refractivity contribution in [3.05, 3.63) is 33.3 Å². The van der Waals surface area contributed by atoms with E-state index < -0.39 is 0 Å². The molecule has 0 aliphatic heterocycles. The van der Waals surface area contributed by atoms with E-state index in [1.807, 2.05) is 18.2 Å². The number of aliphatic hydroxyl groups is 1. The molecule has 2 atom stereocenters. The summed E-state index contributed by atoms with van der Waals surface area (Å²) in [4.78, 5) is 0. The predicted molar refractivity (Wildman–Crippen MR) is 61.6 cm³/mol. The molecule has 0 bridgehead atoms. The van der Waals surface area contributed by atoms with Crippen molar-refractivity contribution in [2.75, 3.05) is 0 Å². The monoisotopic (exact) mass is 274 g/mol. The Bertz CT molecular complexity index is 340. The third-order valence-corrected chi connectivity index (χ3v) is 3.85. The summed E-state index contributed by atoms with van der Waals surface area (Å²) in [6.45, 7) is 0. The van der Waals surface area contributed by atoms with Gasteiger partial charge in [0, 0.05) is 9.50 Å². The van der Waals surface area contributed by atoms with Crippen molar-refractivity contribution < 1.29 is 5.11 Å². The molecule has 2 unspecified atom stereocenters. The van der Waals surface area contributed by atoms with E-state index in [4.69, 9.17) is 11.6 Å². The van der Waals surface area contributed by atoms with E-state index in [0.29, 0.717) is 5.92 Å². The smallest absolute Gasteiger partial charge is 0.0571 e. The second-order valence-electron chi connectivity index (χ2n) is 3.84. The van der Waals surface area contributed by atoms with Crippen LogP contribution in [0.15, 0.2) is 22.7 Å². The Balaban J connectivity index is 2.09. The molecule has 0 saturated heterocycles. The molecule has 1 aliphatic carbocycles. The van der Waals surface area contributed by atoms with Crippen molar-refractivity contribution >= 4 is 27.5 Å². The highest BCUT2D eigenvalue weighted by atomic mass is 79.9. The molecule has 1 N–H and O–H groups in total. The van der Waals surface area contributed by atoms with Crippen molar-refractivity contribution in [1.82, 2.24) is 0 Å². The molecule has 2 rings (SSSR count). The van der Waals surface area contributed by atoms with Gasteiger partial charge in [0.15, 0.2) is 0 Å². The van der Waals surface area contributed by atoms with Gasteiger partial charge in [0.2, 0.25) is 0 Å². The standard InChI is InChI=1S/C11H12BrClO/c12-10-6-9(13)3-1-7(10)5-8-2-4-11(8)14/h1,3,6,8,11,14H,2,4-5H2. The summed E-state index contributed by atoms with van der Waals surface area (Å²) < 4.78 is 1.05. The van der Waals surface area contributed by atoms with Gasteiger partial charge < -0.3 is 5.11 Å². The first kappa shape index (κ1) is 10.5. The molecule has 1 aliphatic rings. The Morgan fingerprint density at radius 2 is 2.21 bits per heavy atom. The topological polar surface area (TPSA) is 20.2 Å². The van der Waals surface area contributed by atoms with E-state index in [1.165, 1.54) is 5.56 Å². The van der Waals surface area contributed by atoms with E-state index in [2.05, 4.69) is 15.9 Å². The van der Waals surface area contributed by atoms with E-state index in [1.54, 1.807) is 0 Å². The summed E-state index contributed by atoms with van der Waals surface area (Å²) in [6.07, 6.45) is 2.93. The molecule has 1 fully saturated rings. The van der Waals surface area contributed by atoms with E-state index in [0.717, 1.165) is 28.8 Å². The summed E-state index contributed by atoms with van der Waals surface area (Å²) in [7, 11) is 0. The van der Waals surface area contributed by atoms with Crippen LogP contribution in [0.1, 0.15) is 18.4 Å². The molecule has 0 radical (unpaired) electrons. The Morgan fingerprint density at radius 3 is 2.71 bits per heavy atom. The molecular formula is C11H12BrClO. The second-order valence-corrected chi connectivity index (χ2v) is 5.14. The number of rotatable bonds is 2. The summed E-state index contributed by atoms with van der Waals surface area (Å²) in [5.41, 5.74) is 1.23. The fourth-order valence-corrected chi connectivity index (χ4v) is 2.60. The minimum atomic E-state index is -0.0995. The van der Waals surface area contributed by atoms with Crippen molar-refractivity contribution in [1.29, 1.82) is 0 Å². The third-order valence-electron chi connectivity index (χ3n) is 2.87. The Hall–Kier alpha value is -0.0500. The van der Waals surface area contributed by atoms with E-state index in [9.17, 15) is 5.11 Å². The highest BCUT2D eigenvalue weighted by molar-refractivity contribution is 9.10. The van der Waals surface area contributed by atoms with Crippen LogP contribution in [0.4, 0.5) is 0 Å².